The van der Waals surface area contributed by atoms with Crippen molar-refractivity contribution >= 4 is 17.8 Å². The Balaban J connectivity index is 2.29. The van der Waals surface area contributed by atoms with Crippen LogP contribution < -0.4 is 0 Å². The molecule has 0 N–H and O–H groups in total. The van der Waals surface area contributed by atoms with Gasteiger partial charge >= 0.3 is 0 Å². The molecule has 110 valence electrons. The Morgan fingerprint density at radius 2 is 1.59 bits per heavy atom. The van der Waals surface area contributed by atoms with Gasteiger partial charge in [-0.3, -0.25) is 0 Å². The van der Waals surface area contributed by atoms with Gasteiger partial charge in [-0.2, -0.15) is 4.99 Å². The SMILES string of the molecule is Cc1cc(-c2ccc(N=C=O)c(C)c2)ccc1CCN=C=O. The molecule has 0 radical (unpaired) electrons. The van der Waals surface area contributed by atoms with Crippen LogP contribution in [0.1, 0.15) is 16.7 Å². The van der Waals surface area contributed by atoms with E-state index in [0.29, 0.717) is 12.2 Å². The van der Waals surface area contributed by atoms with Crippen molar-refractivity contribution in [3.8, 4) is 11.1 Å². The topological polar surface area (TPSA) is 58.9 Å². The molecule has 0 atom stereocenters. The lowest BCUT2D eigenvalue weighted by atomic mass is 9.97. The fourth-order valence-corrected chi connectivity index (χ4v) is 2.39. The van der Waals surface area contributed by atoms with Crippen LogP contribution in [-0.2, 0) is 16.0 Å². The van der Waals surface area contributed by atoms with E-state index in [4.69, 9.17) is 0 Å². The quantitative estimate of drug-likeness (QED) is 0.621. The van der Waals surface area contributed by atoms with Crippen LogP contribution >= 0.6 is 0 Å². The van der Waals surface area contributed by atoms with Gasteiger partial charge in [-0.15, -0.1) is 0 Å². The number of aryl methyl sites for hydroxylation is 2. The third-order valence-electron chi connectivity index (χ3n) is 3.60. The standard InChI is InChI=1S/C18H16N2O2/c1-13-9-16(4-3-15(13)7-8-19-11-21)17-5-6-18(20-12-22)14(2)10-17/h3-6,9-10H,7-8H2,1-2H3. The molecule has 2 aromatic carbocycles. The van der Waals surface area contributed by atoms with Crippen LogP contribution in [0.15, 0.2) is 46.4 Å². The van der Waals surface area contributed by atoms with Crippen molar-refractivity contribution in [2.45, 2.75) is 20.3 Å². The molecular formula is C18H16N2O2. The Labute approximate surface area is 129 Å². The van der Waals surface area contributed by atoms with Crippen LogP contribution in [0.2, 0.25) is 0 Å². The fourth-order valence-electron chi connectivity index (χ4n) is 2.39. The van der Waals surface area contributed by atoms with Gasteiger partial charge in [0.1, 0.15) is 0 Å². The third-order valence-corrected chi connectivity index (χ3v) is 3.60. The van der Waals surface area contributed by atoms with Crippen LogP contribution in [0, 0.1) is 13.8 Å². The lowest BCUT2D eigenvalue weighted by molar-refractivity contribution is 0.562. The number of hydrogen-bond acceptors (Lipinski definition) is 4. The second-order valence-corrected chi connectivity index (χ2v) is 5.07. The van der Waals surface area contributed by atoms with E-state index in [2.05, 4.69) is 22.1 Å². The molecule has 22 heavy (non-hydrogen) atoms. The first-order chi connectivity index (χ1) is 10.7. The molecule has 4 heteroatoms. The van der Waals surface area contributed by atoms with E-state index in [1.807, 2.05) is 38.1 Å². The van der Waals surface area contributed by atoms with Crippen molar-refractivity contribution in [3.05, 3.63) is 53.1 Å². The van der Waals surface area contributed by atoms with Crippen molar-refractivity contribution in [3.63, 3.8) is 0 Å². The number of carbonyl (C=O) groups excluding carboxylic acids is 2. The summed E-state index contributed by atoms with van der Waals surface area (Å²) in [6.45, 7) is 4.42. The second-order valence-electron chi connectivity index (χ2n) is 5.07. The summed E-state index contributed by atoms with van der Waals surface area (Å²) in [5, 5.41) is 0. The maximum atomic E-state index is 10.3. The van der Waals surface area contributed by atoms with E-state index in [-0.39, 0.29) is 0 Å². The molecule has 0 fully saturated rings. The summed E-state index contributed by atoms with van der Waals surface area (Å²) >= 11 is 0. The van der Waals surface area contributed by atoms with Crippen molar-refractivity contribution in [1.82, 2.24) is 0 Å². The highest BCUT2D eigenvalue weighted by atomic mass is 16.1. The first-order valence-electron chi connectivity index (χ1n) is 6.97. The zero-order valence-corrected chi connectivity index (χ0v) is 12.6. The summed E-state index contributed by atoms with van der Waals surface area (Å²) in [5.74, 6) is 0. The van der Waals surface area contributed by atoms with Gasteiger partial charge in [-0.25, -0.2) is 14.6 Å². The van der Waals surface area contributed by atoms with Crippen LogP contribution in [-0.4, -0.2) is 18.7 Å². The molecular weight excluding hydrogens is 276 g/mol. The molecule has 0 aliphatic heterocycles. The smallest absolute Gasteiger partial charge is 0.211 e. The first kappa shape index (κ1) is 15.6. The minimum Gasteiger partial charge on any atom is -0.211 e. The number of aliphatic imine (C=N–C) groups is 2. The number of benzene rings is 2. The van der Waals surface area contributed by atoms with Crippen LogP contribution in [0.5, 0.6) is 0 Å². The summed E-state index contributed by atoms with van der Waals surface area (Å²) in [6, 6.07) is 12.0. The van der Waals surface area contributed by atoms with Crippen molar-refractivity contribution < 1.29 is 9.59 Å². The Morgan fingerprint density at radius 3 is 2.18 bits per heavy atom. The molecule has 0 aliphatic rings. The van der Waals surface area contributed by atoms with Gasteiger partial charge in [-0.05, 0) is 60.2 Å². The van der Waals surface area contributed by atoms with E-state index in [1.165, 1.54) is 5.56 Å². The predicted molar refractivity (Wildman–Crippen MR) is 85.8 cm³/mol. The lowest BCUT2D eigenvalue weighted by Gasteiger charge is -2.09. The highest BCUT2D eigenvalue weighted by molar-refractivity contribution is 5.69. The molecule has 0 saturated heterocycles. The summed E-state index contributed by atoms with van der Waals surface area (Å²) in [4.78, 5) is 27.7. The lowest BCUT2D eigenvalue weighted by Crippen LogP contribution is -1.93. The first-order valence-corrected chi connectivity index (χ1v) is 6.97. The summed E-state index contributed by atoms with van der Waals surface area (Å²) in [5.41, 5.74) is 6.07. The highest BCUT2D eigenvalue weighted by Crippen LogP contribution is 2.27. The minimum absolute atomic E-state index is 0.460. The van der Waals surface area contributed by atoms with Gasteiger partial charge in [0.25, 0.3) is 0 Å². The minimum atomic E-state index is 0.460. The van der Waals surface area contributed by atoms with Crippen LogP contribution in [0.25, 0.3) is 11.1 Å². The maximum absolute atomic E-state index is 10.3. The van der Waals surface area contributed by atoms with Gasteiger partial charge < -0.3 is 0 Å². The van der Waals surface area contributed by atoms with Gasteiger partial charge in [0.05, 0.1) is 12.2 Å². The molecule has 0 unspecified atom stereocenters. The zero-order valence-electron chi connectivity index (χ0n) is 12.6. The van der Waals surface area contributed by atoms with E-state index in [0.717, 1.165) is 28.7 Å². The molecule has 2 aromatic rings. The Hall–Kier alpha value is -2.80. The van der Waals surface area contributed by atoms with Crippen molar-refractivity contribution in [2.75, 3.05) is 6.54 Å². The van der Waals surface area contributed by atoms with E-state index >= 15 is 0 Å². The highest BCUT2D eigenvalue weighted by Gasteiger charge is 2.05. The molecule has 0 aromatic heterocycles. The largest absolute Gasteiger partial charge is 0.240 e. The van der Waals surface area contributed by atoms with E-state index in [1.54, 1.807) is 12.2 Å². The Kier molecular flexibility index (Phi) is 5.16. The molecule has 0 saturated carbocycles. The Bertz CT molecular complexity index is 784. The van der Waals surface area contributed by atoms with E-state index in [9.17, 15) is 9.59 Å². The van der Waals surface area contributed by atoms with Crippen molar-refractivity contribution in [2.24, 2.45) is 9.98 Å². The second kappa shape index (κ2) is 7.28. The van der Waals surface area contributed by atoms with Gasteiger partial charge in [0, 0.05) is 0 Å². The molecule has 0 bridgehead atoms. The number of nitrogens with zero attached hydrogens (tertiary/aromatic N) is 2. The molecule has 0 aliphatic carbocycles. The Morgan fingerprint density at radius 1 is 0.909 bits per heavy atom. The summed E-state index contributed by atoms with van der Waals surface area (Å²) in [6.07, 6.45) is 3.85. The van der Waals surface area contributed by atoms with Crippen LogP contribution in [0.4, 0.5) is 5.69 Å². The van der Waals surface area contributed by atoms with Crippen molar-refractivity contribution in [1.29, 1.82) is 0 Å². The average Bonchev–Trinajstić information content (AvgIpc) is 2.51. The third kappa shape index (κ3) is 3.64. The monoisotopic (exact) mass is 292 g/mol. The van der Waals surface area contributed by atoms with Crippen LogP contribution in [0.3, 0.4) is 0 Å². The average molecular weight is 292 g/mol. The van der Waals surface area contributed by atoms with Gasteiger partial charge in [0.2, 0.25) is 12.2 Å². The van der Waals surface area contributed by atoms with Gasteiger partial charge in [-0.1, -0.05) is 24.3 Å². The maximum Gasteiger partial charge on any atom is 0.240 e. The van der Waals surface area contributed by atoms with E-state index < -0.39 is 0 Å². The molecule has 4 nitrogen and oxygen atoms in total. The molecule has 0 spiro atoms. The summed E-state index contributed by atoms with van der Waals surface area (Å²) < 4.78 is 0. The number of hydrogen-bond donors (Lipinski definition) is 0. The normalized spacial score (nSPS) is 9.73. The fraction of sp³-hybridized carbons (Fsp3) is 0.222. The molecule has 2 rings (SSSR count). The number of isocyanates is 2. The predicted octanol–water partition coefficient (Wildman–Crippen LogP) is 3.82. The zero-order chi connectivity index (χ0) is 15.9. The molecule has 0 amide bonds. The molecule has 0 heterocycles. The number of rotatable bonds is 5. The van der Waals surface area contributed by atoms with Gasteiger partial charge in [0.15, 0.2) is 0 Å². The summed E-state index contributed by atoms with van der Waals surface area (Å²) in [7, 11) is 0.